The van der Waals surface area contributed by atoms with Gasteiger partial charge in [-0.2, -0.15) is 0 Å². The fourth-order valence-electron chi connectivity index (χ4n) is 5.22. The molecule has 116 valence electrons. The summed E-state index contributed by atoms with van der Waals surface area (Å²) in [5.74, 6) is 0. The fourth-order valence-corrected chi connectivity index (χ4v) is 5.22. The fraction of sp³-hybridized carbons (Fsp3) is 1.00. The second-order valence-corrected chi connectivity index (χ2v) is 7.82. The molecule has 0 aromatic carbocycles. The monoisotopic (exact) mass is 279 g/mol. The summed E-state index contributed by atoms with van der Waals surface area (Å²) < 4.78 is 6.64. The molecule has 3 rings (SSSR count). The second-order valence-electron chi connectivity index (χ2n) is 7.82. The van der Waals surface area contributed by atoms with E-state index in [0.29, 0.717) is 17.1 Å². The van der Waals surface area contributed by atoms with Gasteiger partial charge in [0.15, 0.2) is 0 Å². The second kappa shape index (κ2) is 6.36. The summed E-state index contributed by atoms with van der Waals surface area (Å²) in [6.07, 6.45) is 18.6. The molecule has 1 heterocycles. The molecule has 0 aromatic heterocycles. The van der Waals surface area contributed by atoms with Crippen molar-refractivity contribution < 1.29 is 4.74 Å². The number of hydrogen-bond donors (Lipinski definition) is 1. The third-order valence-corrected chi connectivity index (χ3v) is 6.23. The Kier molecular flexibility index (Phi) is 4.72. The van der Waals surface area contributed by atoms with Crippen LogP contribution in [0.25, 0.3) is 0 Å². The highest BCUT2D eigenvalue weighted by atomic mass is 16.5. The molecule has 0 bridgehead atoms. The molecule has 1 saturated heterocycles. The Morgan fingerprint density at radius 3 is 2.20 bits per heavy atom. The van der Waals surface area contributed by atoms with Crippen LogP contribution in [0, 0.1) is 5.41 Å². The molecule has 2 saturated carbocycles. The maximum absolute atomic E-state index is 6.64. The standard InChI is InChI=1S/C18H33NO/c1-19-15-17(9-4-2-5-10-17)14-16-8-13-18(20-16)11-6-3-7-12-18/h16,19H,2-15H2,1H3. The highest BCUT2D eigenvalue weighted by Crippen LogP contribution is 2.47. The topological polar surface area (TPSA) is 21.3 Å². The lowest BCUT2D eigenvalue weighted by Gasteiger charge is -2.40. The largest absolute Gasteiger partial charge is 0.372 e. The van der Waals surface area contributed by atoms with E-state index in [-0.39, 0.29) is 0 Å². The van der Waals surface area contributed by atoms with E-state index in [2.05, 4.69) is 12.4 Å². The van der Waals surface area contributed by atoms with E-state index < -0.39 is 0 Å². The first-order valence-corrected chi connectivity index (χ1v) is 9.08. The van der Waals surface area contributed by atoms with Gasteiger partial charge in [0, 0.05) is 6.54 Å². The van der Waals surface area contributed by atoms with Gasteiger partial charge in [0.25, 0.3) is 0 Å². The predicted molar refractivity (Wildman–Crippen MR) is 84.0 cm³/mol. The zero-order chi connectivity index (χ0) is 13.9. The summed E-state index contributed by atoms with van der Waals surface area (Å²) in [6, 6.07) is 0. The van der Waals surface area contributed by atoms with Crippen molar-refractivity contribution in [3.63, 3.8) is 0 Å². The summed E-state index contributed by atoms with van der Waals surface area (Å²) in [5.41, 5.74) is 0.844. The van der Waals surface area contributed by atoms with E-state index >= 15 is 0 Å². The average molecular weight is 279 g/mol. The van der Waals surface area contributed by atoms with Crippen LogP contribution in [0.5, 0.6) is 0 Å². The minimum Gasteiger partial charge on any atom is -0.372 e. The van der Waals surface area contributed by atoms with Crippen LogP contribution in [-0.2, 0) is 4.74 Å². The van der Waals surface area contributed by atoms with Gasteiger partial charge in [-0.3, -0.25) is 0 Å². The number of nitrogens with one attached hydrogen (secondary N) is 1. The molecule has 1 atom stereocenters. The number of hydrogen-bond acceptors (Lipinski definition) is 2. The van der Waals surface area contributed by atoms with E-state index in [9.17, 15) is 0 Å². The molecule has 2 nitrogen and oxygen atoms in total. The smallest absolute Gasteiger partial charge is 0.0687 e. The van der Waals surface area contributed by atoms with Crippen LogP contribution in [0.15, 0.2) is 0 Å². The van der Waals surface area contributed by atoms with E-state index in [1.807, 2.05) is 0 Å². The van der Waals surface area contributed by atoms with Crippen molar-refractivity contribution in [2.75, 3.05) is 13.6 Å². The maximum Gasteiger partial charge on any atom is 0.0687 e. The van der Waals surface area contributed by atoms with Crippen molar-refractivity contribution in [2.24, 2.45) is 5.41 Å². The maximum atomic E-state index is 6.64. The predicted octanol–water partition coefficient (Wildman–Crippen LogP) is 4.43. The minimum atomic E-state index is 0.304. The lowest BCUT2D eigenvalue weighted by molar-refractivity contribution is -0.0798. The van der Waals surface area contributed by atoms with Crippen molar-refractivity contribution >= 4 is 0 Å². The molecule has 3 fully saturated rings. The highest BCUT2D eigenvalue weighted by molar-refractivity contribution is 4.95. The highest BCUT2D eigenvalue weighted by Gasteiger charge is 2.44. The Labute approximate surface area is 125 Å². The van der Waals surface area contributed by atoms with Crippen molar-refractivity contribution in [1.82, 2.24) is 5.32 Å². The first kappa shape index (κ1) is 14.8. The summed E-state index contributed by atoms with van der Waals surface area (Å²) >= 11 is 0. The van der Waals surface area contributed by atoms with Crippen LogP contribution in [0.4, 0.5) is 0 Å². The summed E-state index contributed by atoms with van der Waals surface area (Å²) in [4.78, 5) is 0. The van der Waals surface area contributed by atoms with Crippen molar-refractivity contribution in [3.05, 3.63) is 0 Å². The van der Waals surface area contributed by atoms with Crippen molar-refractivity contribution in [1.29, 1.82) is 0 Å². The molecule has 2 aliphatic carbocycles. The van der Waals surface area contributed by atoms with E-state index in [1.165, 1.54) is 90.0 Å². The molecular weight excluding hydrogens is 246 g/mol. The summed E-state index contributed by atoms with van der Waals surface area (Å²) in [6.45, 7) is 1.19. The summed E-state index contributed by atoms with van der Waals surface area (Å²) in [5, 5.41) is 3.47. The van der Waals surface area contributed by atoms with Crippen LogP contribution < -0.4 is 5.32 Å². The molecule has 20 heavy (non-hydrogen) atoms. The Morgan fingerprint density at radius 1 is 0.900 bits per heavy atom. The van der Waals surface area contributed by atoms with Crippen LogP contribution >= 0.6 is 0 Å². The molecule has 1 spiro atoms. The van der Waals surface area contributed by atoms with Crippen LogP contribution in [0.3, 0.4) is 0 Å². The van der Waals surface area contributed by atoms with Gasteiger partial charge in [0.05, 0.1) is 11.7 Å². The van der Waals surface area contributed by atoms with Crippen LogP contribution in [0.1, 0.15) is 83.5 Å². The molecule has 0 amide bonds. The molecular formula is C18H33NO. The van der Waals surface area contributed by atoms with E-state index in [4.69, 9.17) is 4.74 Å². The molecule has 2 heteroatoms. The molecule has 1 unspecified atom stereocenters. The van der Waals surface area contributed by atoms with Crippen molar-refractivity contribution in [3.8, 4) is 0 Å². The zero-order valence-corrected chi connectivity index (χ0v) is 13.4. The molecule has 3 aliphatic rings. The van der Waals surface area contributed by atoms with Gasteiger partial charge in [-0.15, -0.1) is 0 Å². The first-order chi connectivity index (χ1) is 9.76. The van der Waals surface area contributed by atoms with E-state index in [0.717, 1.165) is 0 Å². The van der Waals surface area contributed by atoms with Gasteiger partial charge in [-0.05, 0) is 57.4 Å². The first-order valence-electron chi connectivity index (χ1n) is 9.08. The molecule has 1 aliphatic heterocycles. The molecule has 0 aromatic rings. The molecule has 1 N–H and O–H groups in total. The minimum absolute atomic E-state index is 0.304. The summed E-state index contributed by atoms with van der Waals surface area (Å²) in [7, 11) is 2.12. The normalized spacial score (nSPS) is 32.5. The Balaban J connectivity index is 1.59. The Bertz CT molecular complexity index is 297. The van der Waals surface area contributed by atoms with Gasteiger partial charge in [0.2, 0.25) is 0 Å². The van der Waals surface area contributed by atoms with E-state index in [1.54, 1.807) is 0 Å². The third kappa shape index (κ3) is 3.22. The van der Waals surface area contributed by atoms with Gasteiger partial charge < -0.3 is 10.1 Å². The van der Waals surface area contributed by atoms with Crippen LogP contribution in [-0.4, -0.2) is 25.3 Å². The number of ether oxygens (including phenoxy) is 1. The average Bonchev–Trinajstić information content (AvgIpc) is 2.83. The van der Waals surface area contributed by atoms with Gasteiger partial charge in [0.1, 0.15) is 0 Å². The lowest BCUT2D eigenvalue weighted by atomic mass is 9.70. The Hall–Kier alpha value is -0.0800. The van der Waals surface area contributed by atoms with Crippen molar-refractivity contribution in [2.45, 2.75) is 95.2 Å². The third-order valence-electron chi connectivity index (χ3n) is 6.23. The van der Waals surface area contributed by atoms with Gasteiger partial charge in [-0.25, -0.2) is 0 Å². The quantitative estimate of drug-likeness (QED) is 0.822. The lowest BCUT2D eigenvalue weighted by Crippen LogP contribution is -2.39. The number of rotatable bonds is 4. The Morgan fingerprint density at radius 2 is 1.55 bits per heavy atom. The van der Waals surface area contributed by atoms with Gasteiger partial charge in [-0.1, -0.05) is 38.5 Å². The molecule has 0 radical (unpaired) electrons. The SMILES string of the molecule is CNCC1(CC2CCC3(CCCCC3)O2)CCCCC1. The zero-order valence-electron chi connectivity index (χ0n) is 13.4. The van der Waals surface area contributed by atoms with Gasteiger partial charge >= 0.3 is 0 Å². The van der Waals surface area contributed by atoms with Crippen LogP contribution in [0.2, 0.25) is 0 Å².